The molecule has 0 aromatic heterocycles. The smallest absolute Gasteiger partial charge is 0.306 e. The Morgan fingerprint density at radius 3 is 2.50 bits per heavy atom. The number of rotatable bonds is 4. The van der Waals surface area contributed by atoms with Crippen LogP contribution in [0.15, 0.2) is 0 Å². The fraction of sp³-hybridized carbons (Fsp3) is 0.875. The summed E-state index contributed by atoms with van der Waals surface area (Å²) in [7, 11) is 0. The monoisotopic (exact) mass is 174 g/mol. The van der Waals surface area contributed by atoms with E-state index in [2.05, 4.69) is 0 Å². The largest absolute Gasteiger partial charge is 0.481 e. The van der Waals surface area contributed by atoms with Gasteiger partial charge in [0, 0.05) is 0 Å². The second-order valence-electron chi connectivity index (χ2n) is 3.41. The molecule has 4 nitrogen and oxygen atoms in total. The lowest BCUT2D eigenvalue weighted by Crippen LogP contribution is -2.54. The molecule has 1 aliphatic rings. The Balaban J connectivity index is 2.45. The molecule has 0 aliphatic carbocycles. The molecule has 1 aliphatic heterocycles. The summed E-state index contributed by atoms with van der Waals surface area (Å²) in [4.78, 5) is 10.5. The van der Waals surface area contributed by atoms with Gasteiger partial charge in [0.25, 0.3) is 0 Å². The minimum absolute atomic E-state index is 0.0329. The molecule has 12 heavy (non-hydrogen) atoms. The highest BCUT2D eigenvalue weighted by atomic mass is 16.6. The van der Waals surface area contributed by atoms with E-state index in [0.29, 0.717) is 13.2 Å². The van der Waals surface area contributed by atoms with Crippen molar-refractivity contribution in [2.45, 2.75) is 32.0 Å². The predicted octanol–water partition coefficient (Wildman–Crippen LogP) is 0.655. The van der Waals surface area contributed by atoms with E-state index in [1.54, 1.807) is 0 Å². The van der Waals surface area contributed by atoms with Crippen molar-refractivity contribution in [1.29, 1.82) is 0 Å². The molecular formula is C8H14O4. The van der Waals surface area contributed by atoms with Crippen LogP contribution in [0.3, 0.4) is 0 Å². The maximum absolute atomic E-state index is 10.5. The molecule has 1 saturated heterocycles. The second kappa shape index (κ2) is 3.41. The highest BCUT2D eigenvalue weighted by Crippen LogP contribution is 2.27. The normalized spacial score (nSPS) is 20.6. The van der Waals surface area contributed by atoms with Gasteiger partial charge in [0.15, 0.2) is 0 Å². The molecule has 1 heterocycles. The van der Waals surface area contributed by atoms with Crippen molar-refractivity contribution in [3.05, 3.63) is 0 Å². The van der Waals surface area contributed by atoms with E-state index < -0.39 is 11.6 Å². The maximum atomic E-state index is 10.5. The Hall–Kier alpha value is -0.610. The van der Waals surface area contributed by atoms with Crippen LogP contribution in [0.2, 0.25) is 0 Å². The zero-order valence-corrected chi connectivity index (χ0v) is 7.37. The lowest BCUT2D eigenvalue weighted by molar-refractivity contribution is -0.229. The number of carboxylic acid groups (broad SMARTS) is 1. The summed E-state index contributed by atoms with van der Waals surface area (Å²) in [5.41, 5.74) is -0.556. The van der Waals surface area contributed by atoms with Crippen LogP contribution < -0.4 is 0 Å². The number of hydrogen-bond acceptors (Lipinski definition) is 3. The van der Waals surface area contributed by atoms with E-state index in [9.17, 15) is 4.79 Å². The molecule has 0 saturated carbocycles. The van der Waals surface area contributed by atoms with E-state index in [1.807, 2.05) is 13.8 Å². The van der Waals surface area contributed by atoms with Crippen molar-refractivity contribution >= 4 is 5.97 Å². The highest BCUT2D eigenvalue weighted by Gasteiger charge is 2.42. The molecular weight excluding hydrogens is 160 g/mol. The molecule has 0 amide bonds. The van der Waals surface area contributed by atoms with Gasteiger partial charge in [0.05, 0.1) is 25.7 Å². The summed E-state index contributed by atoms with van der Waals surface area (Å²) in [6.07, 6.45) is 0.0822. The molecule has 0 bridgehead atoms. The van der Waals surface area contributed by atoms with Crippen LogP contribution in [0, 0.1) is 0 Å². The number of carboxylic acids is 1. The number of aliphatic carboxylic acids is 1. The van der Waals surface area contributed by atoms with Gasteiger partial charge in [0.2, 0.25) is 0 Å². The Labute approximate surface area is 71.5 Å². The Bertz CT molecular complexity index is 172. The van der Waals surface area contributed by atoms with Gasteiger partial charge >= 0.3 is 5.97 Å². The first-order valence-electron chi connectivity index (χ1n) is 4.01. The predicted molar refractivity (Wildman–Crippen MR) is 42.0 cm³/mol. The van der Waals surface area contributed by atoms with Gasteiger partial charge in [-0.15, -0.1) is 0 Å². The third-order valence-electron chi connectivity index (χ3n) is 1.69. The van der Waals surface area contributed by atoms with Gasteiger partial charge in [-0.1, -0.05) is 0 Å². The molecule has 0 radical (unpaired) electrons. The minimum Gasteiger partial charge on any atom is -0.481 e. The lowest BCUT2D eigenvalue weighted by atomic mass is 9.97. The van der Waals surface area contributed by atoms with Crippen molar-refractivity contribution in [1.82, 2.24) is 0 Å². The summed E-state index contributed by atoms with van der Waals surface area (Å²) in [6.45, 7) is 4.58. The fourth-order valence-corrected chi connectivity index (χ4v) is 1.32. The summed E-state index contributed by atoms with van der Waals surface area (Å²) in [5, 5.41) is 8.59. The van der Waals surface area contributed by atoms with Crippen molar-refractivity contribution in [3.63, 3.8) is 0 Å². The quantitative estimate of drug-likeness (QED) is 0.680. The molecule has 0 aromatic rings. The van der Waals surface area contributed by atoms with Gasteiger partial charge in [0.1, 0.15) is 5.60 Å². The van der Waals surface area contributed by atoms with Gasteiger partial charge in [-0.2, -0.15) is 0 Å². The molecule has 1 fully saturated rings. The fourth-order valence-electron chi connectivity index (χ4n) is 1.32. The van der Waals surface area contributed by atoms with Crippen molar-refractivity contribution in [2.75, 3.05) is 13.2 Å². The Morgan fingerprint density at radius 2 is 2.25 bits per heavy atom. The molecule has 0 aromatic carbocycles. The molecule has 0 atom stereocenters. The summed E-state index contributed by atoms with van der Waals surface area (Å²) in [6, 6.07) is 0. The van der Waals surface area contributed by atoms with Crippen LogP contribution in [-0.4, -0.2) is 36.0 Å². The first-order valence-corrected chi connectivity index (χ1v) is 4.01. The van der Waals surface area contributed by atoms with E-state index in [4.69, 9.17) is 14.6 Å². The summed E-state index contributed by atoms with van der Waals surface area (Å²) < 4.78 is 10.4. The first-order chi connectivity index (χ1) is 5.54. The zero-order chi connectivity index (χ0) is 9.19. The van der Waals surface area contributed by atoms with Crippen LogP contribution in [-0.2, 0) is 14.3 Å². The number of hydrogen-bond donors (Lipinski definition) is 1. The van der Waals surface area contributed by atoms with Crippen LogP contribution in [0.5, 0.6) is 0 Å². The van der Waals surface area contributed by atoms with Crippen LogP contribution in [0.25, 0.3) is 0 Å². The van der Waals surface area contributed by atoms with E-state index >= 15 is 0 Å². The average Bonchev–Trinajstić information content (AvgIpc) is 1.80. The molecule has 1 N–H and O–H groups in total. The van der Waals surface area contributed by atoms with Crippen LogP contribution in [0.1, 0.15) is 20.3 Å². The van der Waals surface area contributed by atoms with Gasteiger partial charge < -0.3 is 14.6 Å². The van der Waals surface area contributed by atoms with Crippen LogP contribution in [0.4, 0.5) is 0 Å². The standard InChI is InChI=1S/C8H14O4/c1-6(2)12-8(3-7(9)10)4-11-5-8/h6H,3-5H2,1-2H3,(H,9,10). The molecule has 0 unspecified atom stereocenters. The summed E-state index contributed by atoms with van der Waals surface area (Å²) in [5.74, 6) is -0.834. The summed E-state index contributed by atoms with van der Waals surface area (Å²) >= 11 is 0. The zero-order valence-electron chi connectivity index (χ0n) is 7.37. The lowest BCUT2D eigenvalue weighted by Gasteiger charge is -2.41. The van der Waals surface area contributed by atoms with Crippen molar-refractivity contribution < 1.29 is 19.4 Å². The van der Waals surface area contributed by atoms with E-state index in [0.717, 1.165) is 0 Å². The van der Waals surface area contributed by atoms with Crippen molar-refractivity contribution in [2.24, 2.45) is 0 Å². The molecule has 70 valence electrons. The highest BCUT2D eigenvalue weighted by molar-refractivity contribution is 5.68. The number of carbonyl (C=O) groups is 1. The molecule has 1 rings (SSSR count). The Morgan fingerprint density at radius 1 is 1.67 bits per heavy atom. The van der Waals surface area contributed by atoms with Crippen molar-refractivity contribution in [3.8, 4) is 0 Å². The topological polar surface area (TPSA) is 55.8 Å². The average molecular weight is 174 g/mol. The van der Waals surface area contributed by atoms with Crippen LogP contribution >= 0.6 is 0 Å². The third-order valence-corrected chi connectivity index (χ3v) is 1.69. The first kappa shape index (κ1) is 9.48. The maximum Gasteiger partial charge on any atom is 0.306 e. The third kappa shape index (κ3) is 2.19. The minimum atomic E-state index is -0.834. The SMILES string of the molecule is CC(C)OC1(CC(=O)O)COC1. The number of ether oxygens (including phenoxy) is 2. The van der Waals surface area contributed by atoms with Gasteiger partial charge in [-0.05, 0) is 13.8 Å². The van der Waals surface area contributed by atoms with Gasteiger partial charge in [-0.25, -0.2) is 0 Å². The van der Waals surface area contributed by atoms with Gasteiger partial charge in [-0.3, -0.25) is 4.79 Å². The Kier molecular flexibility index (Phi) is 2.69. The molecule has 0 spiro atoms. The van der Waals surface area contributed by atoms with E-state index in [-0.39, 0.29) is 12.5 Å². The second-order valence-corrected chi connectivity index (χ2v) is 3.41. The van der Waals surface area contributed by atoms with E-state index in [1.165, 1.54) is 0 Å². The molecule has 4 heteroatoms.